The summed E-state index contributed by atoms with van der Waals surface area (Å²) in [6, 6.07) is 1.73. The maximum absolute atomic E-state index is 11.5. The van der Waals surface area contributed by atoms with Gasteiger partial charge in [0.1, 0.15) is 0 Å². The highest BCUT2D eigenvalue weighted by atomic mass is 16.1. The Kier molecular flexibility index (Phi) is 3.93. The lowest BCUT2D eigenvalue weighted by Crippen LogP contribution is -2.10. The van der Waals surface area contributed by atoms with E-state index in [1.165, 1.54) is 12.8 Å². The molecule has 0 saturated carbocycles. The third-order valence-electron chi connectivity index (χ3n) is 2.64. The zero-order valence-corrected chi connectivity index (χ0v) is 9.31. The molecule has 0 aliphatic rings. The molecule has 0 saturated heterocycles. The fraction of sp³-hybridized carbons (Fsp3) is 0.583. The van der Waals surface area contributed by atoms with Gasteiger partial charge in [-0.25, -0.2) is 0 Å². The predicted molar refractivity (Wildman–Crippen MR) is 59.8 cm³/mol. The van der Waals surface area contributed by atoms with Crippen molar-refractivity contribution in [3.63, 3.8) is 0 Å². The van der Waals surface area contributed by atoms with E-state index < -0.39 is 0 Å². The van der Waals surface area contributed by atoms with E-state index in [0.717, 1.165) is 29.8 Å². The molecule has 0 aliphatic carbocycles. The first-order valence-corrected chi connectivity index (χ1v) is 5.34. The van der Waals surface area contributed by atoms with Crippen molar-refractivity contribution in [2.75, 3.05) is 0 Å². The molecule has 1 heterocycles. The number of aromatic nitrogens is 1. The molecule has 14 heavy (non-hydrogen) atoms. The number of hydrogen-bond donors (Lipinski definition) is 1. The fourth-order valence-electron chi connectivity index (χ4n) is 1.52. The van der Waals surface area contributed by atoms with Crippen LogP contribution in [0.5, 0.6) is 0 Å². The number of unbranched alkanes of at least 4 members (excludes halogenated alkanes) is 2. The van der Waals surface area contributed by atoms with Crippen molar-refractivity contribution in [1.82, 2.24) is 4.98 Å². The molecule has 1 rings (SSSR count). The lowest BCUT2D eigenvalue weighted by atomic mass is 10.1. The maximum atomic E-state index is 11.5. The zero-order chi connectivity index (χ0) is 10.6. The van der Waals surface area contributed by atoms with Gasteiger partial charge in [0.2, 0.25) is 0 Å². The van der Waals surface area contributed by atoms with E-state index in [2.05, 4.69) is 11.9 Å². The Balaban J connectivity index is 2.75. The van der Waals surface area contributed by atoms with Crippen molar-refractivity contribution >= 4 is 0 Å². The number of aryl methyl sites for hydroxylation is 2. The molecule has 0 aliphatic heterocycles. The Bertz CT molecular complexity index is 352. The van der Waals surface area contributed by atoms with Gasteiger partial charge in [0, 0.05) is 23.0 Å². The largest absolute Gasteiger partial charge is 0.362 e. The fourth-order valence-corrected chi connectivity index (χ4v) is 1.52. The Labute approximate surface area is 85.4 Å². The summed E-state index contributed by atoms with van der Waals surface area (Å²) in [4.78, 5) is 14.7. The molecule has 0 unspecified atom stereocenters. The van der Waals surface area contributed by atoms with Gasteiger partial charge in [0.05, 0.1) is 0 Å². The minimum atomic E-state index is 0.160. The lowest BCUT2D eigenvalue weighted by Gasteiger charge is -2.04. The Morgan fingerprint density at radius 1 is 1.29 bits per heavy atom. The number of pyridine rings is 1. The van der Waals surface area contributed by atoms with Crippen molar-refractivity contribution in [3.05, 3.63) is 33.2 Å². The van der Waals surface area contributed by atoms with Crippen LogP contribution in [0, 0.1) is 13.8 Å². The minimum absolute atomic E-state index is 0.160. The van der Waals surface area contributed by atoms with Crippen LogP contribution in [0.2, 0.25) is 0 Å². The van der Waals surface area contributed by atoms with E-state index in [1.54, 1.807) is 6.07 Å². The van der Waals surface area contributed by atoms with Crippen molar-refractivity contribution < 1.29 is 0 Å². The molecule has 0 bridgehead atoms. The molecule has 2 heteroatoms. The average Bonchev–Trinajstić information content (AvgIpc) is 2.14. The summed E-state index contributed by atoms with van der Waals surface area (Å²) in [5.41, 5.74) is 3.08. The van der Waals surface area contributed by atoms with Crippen LogP contribution in [0.25, 0.3) is 0 Å². The molecule has 1 aromatic heterocycles. The Morgan fingerprint density at radius 3 is 2.57 bits per heavy atom. The van der Waals surface area contributed by atoms with Crippen LogP contribution in [0.4, 0.5) is 0 Å². The van der Waals surface area contributed by atoms with Gasteiger partial charge in [0.15, 0.2) is 5.43 Å². The second-order valence-corrected chi connectivity index (χ2v) is 3.87. The number of nitrogens with one attached hydrogen (secondary N) is 1. The molecule has 1 N–H and O–H groups in total. The van der Waals surface area contributed by atoms with Crippen molar-refractivity contribution in [2.24, 2.45) is 0 Å². The quantitative estimate of drug-likeness (QED) is 0.733. The Hall–Kier alpha value is -1.05. The van der Waals surface area contributed by atoms with Gasteiger partial charge in [0.25, 0.3) is 0 Å². The van der Waals surface area contributed by atoms with Crippen LogP contribution in [0.15, 0.2) is 10.9 Å². The van der Waals surface area contributed by atoms with Crippen LogP contribution in [-0.4, -0.2) is 4.98 Å². The zero-order valence-electron chi connectivity index (χ0n) is 9.31. The number of H-pyrrole nitrogens is 1. The predicted octanol–water partition coefficient (Wildman–Crippen LogP) is 2.72. The van der Waals surface area contributed by atoms with Crippen LogP contribution >= 0.6 is 0 Å². The topological polar surface area (TPSA) is 32.9 Å². The summed E-state index contributed by atoms with van der Waals surface area (Å²) >= 11 is 0. The lowest BCUT2D eigenvalue weighted by molar-refractivity contribution is 0.705. The van der Waals surface area contributed by atoms with E-state index in [4.69, 9.17) is 0 Å². The second kappa shape index (κ2) is 4.99. The third kappa shape index (κ3) is 2.72. The highest BCUT2D eigenvalue weighted by molar-refractivity contribution is 5.20. The molecule has 0 atom stereocenters. The summed E-state index contributed by atoms with van der Waals surface area (Å²) in [7, 11) is 0. The summed E-state index contributed by atoms with van der Waals surface area (Å²) in [5.74, 6) is 0. The van der Waals surface area contributed by atoms with Crippen molar-refractivity contribution in [1.29, 1.82) is 0 Å². The van der Waals surface area contributed by atoms with Crippen molar-refractivity contribution in [3.8, 4) is 0 Å². The summed E-state index contributed by atoms with van der Waals surface area (Å²) in [5, 5.41) is 0. The first kappa shape index (κ1) is 11.0. The van der Waals surface area contributed by atoms with Gasteiger partial charge in [-0.15, -0.1) is 0 Å². The highest BCUT2D eigenvalue weighted by Crippen LogP contribution is 2.04. The molecular weight excluding hydrogens is 174 g/mol. The molecule has 0 amide bonds. The first-order valence-electron chi connectivity index (χ1n) is 5.34. The summed E-state index contributed by atoms with van der Waals surface area (Å²) in [6.45, 7) is 6.01. The van der Waals surface area contributed by atoms with Gasteiger partial charge in [-0.05, 0) is 26.7 Å². The van der Waals surface area contributed by atoms with Gasteiger partial charge in [-0.1, -0.05) is 19.8 Å². The summed E-state index contributed by atoms with van der Waals surface area (Å²) in [6.07, 6.45) is 4.60. The second-order valence-electron chi connectivity index (χ2n) is 3.87. The molecule has 78 valence electrons. The van der Waals surface area contributed by atoms with Gasteiger partial charge < -0.3 is 4.98 Å². The van der Waals surface area contributed by atoms with E-state index in [0.29, 0.717) is 0 Å². The van der Waals surface area contributed by atoms with Gasteiger partial charge >= 0.3 is 0 Å². The average molecular weight is 193 g/mol. The standard InChI is InChI=1S/C12H19NO/c1-4-5-6-7-11-8-12(14)9(2)10(3)13-11/h8H,4-7H2,1-3H3,(H,13,14). The van der Waals surface area contributed by atoms with Gasteiger partial charge in [-0.2, -0.15) is 0 Å². The SMILES string of the molecule is CCCCCc1cc(=O)c(C)c(C)[nH]1. The van der Waals surface area contributed by atoms with E-state index in [-0.39, 0.29) is 5.43 Å². The van der Waals surface area contributed by atoms with E-state index >= 15 is 0 Å². The molecule has 0 fully saturated rings. The van der Waals surface area contributed by atoms with Crippen LogP contribution in [0.3, 0.4) is 0 Å². The summed E-state index contributed by atoms with van der Waals surface area (Å²) < 4.78 is 0. The molecular formula is C12H19NO. The number of aromatic amines is 1. The monoisotopic (exact) mass is 193 g/mol. The van der Waals surface area contributed by atoms with Crippen LogP contribution in [0.1, 0.15) is 43.1 Å². The first-order chi connectivity index (χ1) is 6.65. The minimum Gasteiger partial charge on any atom is -0.362 e. The smallest absolute Gasteiger partial charge is 0.184 e. The van der Waals surface area contributed by atoms with Crippen molar-refractivity contribution in [2.45, 2.75) is 46.5 Å². The Morgan fingerprint density at radius 2 is 2.00 bits per heavy atom. The third-order valence-corrected chi connectivity index (χ3v) is 2.64. The molecule has 2 nitrogen and oxygen atoms in total. The number of rotatable bonds is 4. The van der Waals surface area contributed by atoms with Gasteiger partial charge in [-0.3, -0.25) is 4.79 Å². The number of hydrogen-bond acceptors (Lipinski definition) is 1. The maximum Gasteiger partial charge on any atom is 0.184 e. The molecule has 0 aromatic carbocycles. The van der Waals surface area contributed by atoms with E-state index in [1.807, 2.05) is 13.8 Å². The highest BCUT2D eigenvalue weighted by Gasteiger charge is 2.01. The molecule has 0 spiro atoms. The molecule has 0 radical (unpaired) electrons. The molecule has 1 aromatic rings. The normalized spacial score (nSPS) is 10.5. The van der Waals surface area contributed by atoms with E-state index in [9.17, 15) is 4.79 Å². The van der Waals surface area contributed by atoms with Crippen LogP contribution in [-0.2, 0) is 6.42 Å². The van der Waals surface area contributed by atoms with Crippen LogP contribution < -0.4 is 5.43 Å².